The third-order valence-corrected chi connectivity index (χ3v) is 5.29. The quantitative estimate of drug-likeness (QED) is 0.465. The predicted octanol–water partition coefficient (Wildman–Crippen LogP) is 2.24. The molecule has 0 atom stereocenters. The van der Waals surface area contributed by atoms with Crippen LogP contribution in [0.15, 0.2) is 58.4 Å². The summed E-state index contributed by atoms with van der Waals surface area (Å²) >= 11 is 0. The van der Waals surface area contributed by atoms with Gasteiger partial charge in [0.05, 0.1) is 6.54 Å². The lowest BCUT2D eigenvalue weighted by Crippen LogP contribution is -2.39. The highest BCUT2D eigenvalue weighted by Crippen LogP contribution is 2.20. The van der Waals surface area contributed by atoms with Crippen LogP contribution >= 0.6 is 0 Å². The zero-order chi connectivity index (χ0) is 21.7. The van der Waals surface area contributed by atoms with Crippen LogP contribution in [0.1, 0.15) is 5.69 Å². The molecule has 0 spiro atoms. The van der Waals surface area contributed by atoms with E-state index in [2.05, 4.69) is 20.3 Å². The lowest BCUT2D eigenvalue weighted by atomic mass is 10.2. The van der Waals surface area contributed by atoms with Crippen LogP contribution in [0.25, 0.3) is 22.1 Å². The van der Waals surface area contributed by atoms with Gasteiger partial charge in [0.15, 0.2) is 11.2 Å². The van der Waals surface area contributed by atoms with Crippen molar-refractivity contribution < 1.29 is 4.39 Å². The molecule has 0 amide bonds. The molecule has 2 N–H and O–H groups in total. The monoisotopic (exact) mass is 419 g/mol. The van der Waals surface area contributed by atoms with Crippen LogP contribution < -0.4 is 16.6 Å². The molecule has 156 valence electrons. The molecule has 1 aromatic carbocycles. The number of rotatable bonds is 4. The largest absolute Gasteiger partial charge is 0.357 e. The minimum Gasteiger partial charge on any atom is -0.357 e. The number of hydrogen-bond donors (Lipinski definition) is 2. The van der Waals surface area contributed by atoms with Crippen LogP contribution in [0.3, 0.4) is 0 Å². The minimum atomic E-state index is -0.509. The molecule has 4 heterocycles. The number of nitrogens with zero attached hydrogens (tertiary/aromatic N) is 5. The second-order valence-corrected chi connectivity index (χ2v) is 7.26. The molecule has 10 heteroatoms. The number of aromatic amines is 1. The number of imidazole rings is 1. The van der Waals surface area contributed by atoms with E-state index in [-0.39, 0.29) is 23.5 Å². The number of anilines is 2. The number of H-pyrrole nitrogens is 1. The number of halogens is 1. The first kappa shape index (κ1) is 18.8. The lowest BCUT2D eigenvalue weighted by molar-refractivity contribution is 0.639. The van der Waals surface area contributed by atoms with E-state index in [0.717, 1.165) is 10.3 Å². The van der Waals surface area contributed by atoms with Crippen molar-refractivity contribution in [2.24, 2.45) is 14.1 Å². The van der Waals surface area contributed by atoms with Crippen LogP contribution in [0.4, 0.5) is 16.0 Å². The molecule has 5 rings (SSSR count). The van der Waals surface area contributed by atoms with E-state index in [1.165, 1.54) is 10.6 Å². The third-order valence-electron chi connectivity index (χ3n) is 5.29. The topological polar surface area (TPSA) is 103 Å². The van der Waals surface area contributed by atoms with Gasteiger partial charge in [0.2, 0.25) is 5.95 Å². The number of benzene rings is 1. The molecule has 0 aliphatic rings. The van der Waals surface area contributed by atoms with E-state index in [1.54, 1.807) is 61.4 Å². The fourth-order valence-electron chi connectivity index (χ4n) is 3.69. The molecule has 0 radical (unpaired) electrons. The molecule has 4 aromatic heterocycles. The van der Waals surface area contributed by atoms with Gasteiger partial charge < -0.3 is 14.9 Å². The second-order valence-electron chi connectivity index (χ2n) is 7.26. The van der Waals surface area contributed by atoms with Crippen LogP contribution in [0.5, 0.6) is 0 Å². The van der Waals surface area contributed by atoms with Gasteiger partial charge in [-0.15, -0.1) is 0 Å². The first-order valence-electron chi connectivity index (χ1n) is 9.53. The Bertz CT molecular complexity index is 1560. The number of aryl methyl sites for hydroxylation is 2. The highest BCUT2D eigenvalue weighted by atomic mass is 19.1. The van der Waals surface area contributed by atoms with Gasteiger partial charge in [0.1, 0.15) is 5.82 Å². The van der Waals surface area contributed by atoms with Crippen molar-refractivity contribution in [1.29, 1.82) is 0 Å². The van der Waals surface area contributed by atoms with E-state index in [1.807, 2.05) is 0 Å². The Kier molecular flexibility index (Phi) is 4.21. The maximum Gasteiger partial charge on any atom is 0.332 e. The fraction of sp³-hybridized carbons (Fsp3) is 0.143. The summed E-state index contributed by atoms with van der Waals surface area (Å²) in [5.41, 5.74) is 1.47. The Balaban J connectivity index is 1.63. The standard InChI is InChI=1S/C21H18FN7O2/c1-27-17-18(26-20(27)25-12-6-8-23-9-7-12)28(2)21(31)29(19(17)30)11-13-10-14-15(22)4-3-5-16(14)24-13/h3-10,24H,11H2,1-2H3,(H,23,25,26). The van der Waals surface area contributed by atoms with Crippen LogP contribution in [-0.2, 0) is 20.6 Å². The first-order valence-corrected chi connectivity index (χ1v) is 9.53. The van der Waals surface area contributed by atoms with Gasteiger partial charge in [0, 0.05) is 48.8 Å². The Hall–Kier alpha value is -4.21. The summed E-state index contributed by atoms with van der Waals surface area (Å²) in [7, 11) is 3.27. The Morgan fingerprint density at radius 2 is 1.87 bits per heavy atom. The molecular weight excluding hydrogens is 401 g/mol. The van der Waals surface area contributed by atoms with Gasteiger partial charge in [0.25, 0.3) is 5.56 Å². The van der Waals surface area contributed by atoms with Crippen LogP contribution in [-0.4, -0.2) is 28.7 Å². The summed E-state index contributed by atoms with van der Waals surface area (Å²) < 4.78 is 18.1. The molecule has 9 nitrogen and oxygen atoms in total. The summed E-state index contributed by atoms with van der Waals surface area (Å²) in [6.45, 7) is -0.0200. The second kappa shape index (κ2) is 6.94. The number of fused-ring (bicyclic) bond motifs is 2. The summed E-state index contributed by atoms with van der Waals surface area (Å²) in [5, 5.41) is 3.54. The Labute approximate surface area is 174 Å². The zero-order valence-electron chi connectivity index (χ0n) is 16.8. The van der Waals surface area contributed by atoms with E-state index in [4.69, 9.17) is 0 Å². The Morgan fingerprint density at radius 3 is 2.61 bits per heavy atom. The average Bonchev–Trinajstić information content (AvgIpc) is 3.32. The number of aromatic nitrogens is 6. The molecule has 0 aliphatic carbocycles. The third kappa shape index (κ3) is 3.00. The predicted molar refractivity (Wildman–Crippen MR) is 115 cm³/mol. The van der Waals surface area contributed by atoms with Crippen LogP contribution in [0.2, 0.25) is 0 Å². The number of nitrogens with one attached hydrogen (secondary N) is 2. The highest BCUT2D eigenvalue weighted by Gasteiger charge is 2.19. The van der Waals surface area contributed by atoms with E-state index < -0.39 is 11.2 Å². The van der Waals surface area contributed by atoms with Gasteiger partial charge >= 0.3 is 5.69 Å². The summed E-state index contributed by atoms with van der Waals surface area (Å²) in [5.74, 6) is 0.0490. The molecule has 0 saturated carbocycles. The normalized spacial score (nSPS) is 11.5. The van der Waals surface area contributed by atoms with E-state index in [9.17, 15) is 14.0 Å². The molecule has 0 fully saturated rings. The van der Waals surface area contributed by atoms with Crippen molar-refractivity contribution in [1.82, 2.24) is 28.7 Å². The van der Waals surface area contributed by atoms with Crippen molar-refractivity contribution in [2.75, 3.05) is 5.32 Å². The van der Waals surface area contributed by atoms with Gasteiger partial charge in [-0.25, -0.2) is 9.18 Å². The van der Waals surface area contributed by atoms with Crippen molar-refractivity contribution in [3.63, 3.8) is 0 Å². The van der Waals surface area contributed by atoms with E-state index >= 15 is 0 Å². The van der Waals surface area contributed by atoms with Gasteiger partial charge in [-0.3, -0.25) is 18.9 Å². The lowest BCUT2D eigenvalue weighted by Gasteiger charge is -2.08. The molecule has 31 heavy (non-hydrogen) atoms. The number of hydrogen-bond acceptors (Lipinski definition) is 5. The maximum absolute atomic E-state index is 14.0. The summed E-state index contributed by atoms with van der Waals surface area (Å²) in [4.78, 5) is 37.7. The summed E-state index contributed by atoms with van der Waals surface area (Å²) in [6.07, 6.45) is 3.27. The average molecular weight is 419 g/mol. The van der Waals surface area contributed by atoms with Gasteiger partial charge in [-0.05, 0) is 30.3 Å². The van der Waals surface area contributed by atoms with Crippen molar-refractivity contribution in [3.05, 3.63) is 81.1 Å². The minimum absolute atomic E-state index is 0.0200. The number of pyridine rings is 1. The summed E-state index contributed by atoms with van der Waals surface area (Å²) in [6, 6.07) is 9.86. The fourth-order valence-corrected chi connectivity index (χ4v) is 3.69. The highest BCUT2D eigenvalue weighted by molar-refractivity contribution is 5.81. The van der Waals surface area contributed by atoms with Gasteiger partial charge in [-0.1, -0.05) is 6.07 Å². The van der Waals surface area contributed by atoms with Crippen molar-refractivity contribution >= 4 is 33.7 Å². The first-order chi connectivity index (χ1) is 14.9. The smallest absolute Gasteiger partial charge is 0.332 e. The van der Waals surface area contributed by atoms with Crippen molar-refractivity contribution in [2.45, 2.75) is 6.54 Å². The van der Waals surface area contributed by atoms with Gasteiger partial charge in [-0.2, -0.15) is 4.98 Å². The Morgan fingerprint density at radius 1 is 1.10 bits per heavy atom. The maximum atomic E-state index is 14.0. The molecule has 5 aromatic rings. The van der Waals surface area contributed by atoms with Crippen molar-refractivity contribution in [3.8, 4) is 0 Å². The molecular formula is C21H18FN7O2. The SMILES string of the molecule is Cn1c(Nc2ccncc2)nc2c1c(=O)n(Cc1cc3c(F)cccc3[nH]1)c(=O)n2C. The van der Waals surface area contributed by atoms with E-state index in [0.29, 0.717) is 22.5 Å². The molecule has 0 saturated heterocycles. The molecule has 0 aliphatic heterocycles. The zero-order valence-corrected chi connectivity index (χ0v) is 16.8. The molecule has 0 bridgehead atoms. The van der Waals surface area contributed by atoms with Crippen LogP contribution in [0, 0.1) is 5.82 Å². The molecule has 0 unspecified atom stereocenters.